The van der Waals surface area contributed by atoms with Crippen LogP contribution in [0.1, 0.15) is 40.5 Å². The minimum Gasteiger partial charge on any atom is -0.342 e. The number of allylic oxidation sites excluding steroid dienone is 1. The van der Waals surface area contributed by atoms with Crippen molar-refractivity contribution < 1.29 is 9.59 Å². The second-order valence-corrected chi connectivity index (χ2v) is 5.04. The summed E-state index contributed by atoms with van der Waals surface area (Å²) < 4.78 is 0. The number of nitrogens with one attached hydrogen (secondary N) is 1. The highest BCUT2D eigenvalue weighted by Crippen LogP contribution is 2.17. The molecule has 1 heterocycles. The van der Waals surface area contributed by atoms with Crippen molar-refractivity contribution in [2.24, 2.45) is 5.92 Å². The number of rotatable bonds is 5. The molecule has 0 bridgehead atoms. The van der Waals surface area contributed by atoms with Crippen molar-refractivity contribution in [2.45, 2.75) is 52.6 Å². The predicted molar refractivity (Wildman–Crippen MR) is 72.0 cm³/mol. The first-order valence-electron chi connectivity index (χ1n) is 6.74. The van der Waals surface area contributed by atoms with Crippen LogP contribution in [0, 0.1) is 5.92 Å². The lowest BCUT2D eigenvalue weighted by Gasteiger charge is -2.40. The molecule has 2 unspecified atom stereocenters. The van der Waals surface area contributed by atoms with E-state index in [0.29, 0.717) is 13.0 Å². The van der Waals surface area contributed by atoms with Crippen molar-refractivity contribution in [3.05, 3.63) is 12.2 Å². The lowest BCUT2D eigenvalue weighted by molar-refractivity contribution is -0.150. The summed E-state index contributed by atoms with van der Waals surface area (Å²) in [5, 5.41) is 2.84. The summed E-state index contributed by atoms with van der Waals surface area (Å²) in [6.07, 6.45) is 5.46. The van der Waals surface area contributed by atoms with E-state index >= 15 is 0 Å². The highest BCUT2D eigenvalue weighted by Gasteiger charge is 2.40. The Morgan fingerprint density at radius 1 is 1.39 bits per heavy atom. The fourth-order valence-electron chi connectivity index (χ4n) is 2.29. The summed E-state index contributed by atoms with van der Waals surface area (Å²) in [6.45, 7) is 8.44. The third kappa shape index (κ3) is 3.12. The van der Waals surface area contributed by atoms with E-state index in [9.17, 15) is 9.59 Å². The number of amides is 2. The van der Waals surface area contributed by atoms with Crippen LogP contribution in [-0.4, -0.2) is 35.3 Å². The SMILES string of the molecule is C/C=C/CCN1C(=O)C(C(C)C)NC(=O)C1CC. The molecule has 4 nitrogen and oxygen atoms in total. The second-order valence-electron chi connectivity index (χ2n) is 5.04. The predicted octanol–water partition coefficient (Wildman–Crippen LogP) is 1.71. The maximum absolute atomic E-state index is 12.4. The maximum Gasteiger partial charge on any atom is 0.246 e. The third-order valence-electron chi connectivity index (χ3n) is 3.35. The largest absolute Gasteiger partial charge is 0.342 e. The van der Waals surface area contributed by atoms with Gasteiger partial charge in [0.25, 0.3) is 0 Å². The quantitative estimate of drug-likeness (QED) is 0.757. The molecule has 1 rings (SSSR count). The second kappa shape index (κ2) is 6.57. The topological polar surface area (TPSA) is 49.4 Å². The minimum atomic E-state index is -0.370. The molecule has 1 aliphatic rings. The van der Waals surface area contributed by atoms with Crippen molar-refractivity contribution in [3.63, 3.8) is 0 Å². The van der Waals surface area contributed by atoms with Crippen LogP contribution >= 0.6 is 0 Å². The van der Waals surface area contributed by atoms with E-state index in [1.54, 1.807) is 4.90 Å². The van der Waals surface area contributed by atoms with Crippen LogP contribution in [-0.2, 0) is 9.59 Å². The summed E-state index contributed by atoms with van der Waals surface area (Å²) in [5.74, 6) is 0.167. The average molecular weight is 252 g/mol. The Morgan fingerprint density at radius 3 is 2.56 bits per heavy atom. The van der Waals surface area contributed by atoms with Gasteiger partial charge in [-0.1, -0.05) is 32.9 Å². The Labute approximate surface area is 109 Å². The molecule has 0 saturated carbocycles. The van der Waals surface area contributed by atoms with Gasteiger partial charge in [0.2, 0.25) is 11.8 Å². The molecule has 1 saturated heterocycles. The van der Waals surface area contributed by atoms with E-state index in [-0.39, 0.29) is 29.8 Å². The number of hydrogen-bond donors (Lipinski definition) is 1. The lowest BCUT2D eigenvalue weighted by Crippen LogP contribution is -2.64. The van der Waals surface area contributed by atoms with E-state index in [0.717, 1.165) is 6.42 Å². The number of carbonyl (C=O) groups is 2. The first-order valence-corrected chi connectivity index (χ1v) is 6.74. The van der Waals surface area contributed by atoms with E-state index in [1.807, 2.05) is 39.8 Å². The van der Waals surface area contributed by atoms with Gasteiger partial charge in [-0.2, -0.15) is 0 Å². The smallest absolute Gasteiger partial charge is 0.246 e. The van der Waals surface area contributed by atoms with Gasteiger partial charge in [0, 0.05) is 6.54 Å². The average Bonchev–Trinajstić information content (AvgIpc) is 2.33. The number of piperazine rings is 1. The van der Waals surface area contributed by atoms with Crippen LogP contribution in [0.2, 0.25) is 0 Å². The van der Waals surface area contributed by atoms with Crippen molar-refractivity contribution in [2.75, 3.05) is 6.54 Å². The normalized spacial score (nSPS) is 25.1. The molecule has 2 amide bonds. The highest BCUT2D eigenvalue weighted by molar-refractivity contribution is 5.97. The van der Waals surface area contributed by atoms with Gasteiger partial charge in [-0.15, -0.1) is 0 Å². The molecule has 0 aromatic heterocycles. The first-order chi connectivity index (χ1) is 8.52. The maximum atomic E-state index is 12.4. The zero-order valence-electron chi connectivity index (χ0n) is 11.8. The lowest BCUT2D eigenvalue weighted by atomic mass is 9.97. The molecule has 1 fully saturated rings. The van der Waals surface area contributed by atoms with Gasteiger partial charge in [0.15, 0.2) is 0 Å². The van der Waals surface area contributed by atoms with E-state index in [4.69, 9.17) is 0 Å². The standard InChI is InChI=1S/C14H24N2O2/c1-5-7-8-9-16-11(6-2)13(17)15-12(10(3)4)14(16)18/h5,7,10-12H,6,8-9H2,1-4H3,(H,15,17)/b7-5+. The zero-order chi connectivity index (χ0) is 13.7. The molecular weight excluding hydrogens is 228 g/mol. The van der Waals surface area contributed by atoms with Gasteiger partial charge in [-0.3, -0.25) is 9.59 Å². The van der Waals surface area contributed by atoms with Gasteiger partial charge in [-0.05, 0) is 25.7 Å². The van der Waals surface area contributed by atoms with Crippen LogP contribution < -0.4 is 5.32 Å². The van der Waals surface area contributed by atoms with E-state index < -0.39 is 0 Å². The van der Waals surface area contributed by atoms with Crippen molar-refractivity contribution in [1.29, 1.82) is 0 Å². The Morgan fingerprint density at radius 2 is 2.06 bits per heavy atom. The number of carbonyl (C=O) groups excluding carboxylic acids is 2. The minimum absolute atomic E-state index is 0.0173. The van der Waals surface area contributed by atoms with Crippen LogP contribution in [0.4, 0.5) is 0 Å². The molecule has 1 aliphatic heterocycles. The Balaban J connectivity index is 2.84. The van der Waals surface area contributed by atoms with Crippen LogP contribution in [0.5, 0.6) is 0 Å². The highest BCUT2D eigenvalue weighted by atomic mass is 16.2. The molecular formula is C14H24N2O2. The molecule has 0 aliphatic carbocycles. The van der Waals surface area contributed by atoms with Gasteiger partial charge < -0.3 is 10.2 Å². The Hall–Kier alpha value is -1.32. The summed E-state index contributed by atoms with van der Waals surface area (Å²) in [4.78, 5) is 26.1. The number of nitrogens with zero attached hydrogens (tertiary/aromatic N) is 1. The van der Waals surface area contributed by atoms with Crippen LogP contribution in [0.15, 0.2) is 12.2 Å². The molecule has 4 heteroatoms. The first kappa shape index (κ1) is 14.7. The van der Waals surface area contributed by atoms with Gasteiger partial charge in [0.05, 0.1) is 0 Å². The summed E-state index contributed by atoms with van der Waals surface area (Å²) in [5.41, 5.74) is 0. The monoisotopic (exact) mass is 252 g/mol. The molecule has 0 aromatic rings. The van der Waals surface area contributed by atoms with Gasteiger partial charge >= 0.3 is 0 Å². The van der Waals surface area contributed by atoms with E-state index in [1.165, 1.54) is 0 Å². The van der Waals surface area contributed by atoms with E-state index in [2.05, 4.69) is 5.32 Å². The fourth-order valence-corrected chi connectivity index (χ4v) is 2.29. The molecule has 2 atom stereocenters. The van der Waals surface area contributed by atoms with Crippen LogP contribution in [0.3, 0.4) is 0 Å². The van der Waals surface area contributed by atoms with Crippen molar-refractivity contribution in [1.82, 2.24) is 10.2 Å². The van der Waals surface area contributed by atoms with Crippen LogP contribution in [0.25, 0.3) is 0 Å². The molecule has 1 N–H and O–H groups in total. The summed E-state index contributed by atoms with van der Waals surface area (Å²) >= 11 is 0. The zero-order valence-corrected chi connectivity index (χ0v) is 11.8. The van der Waals surface area contributed by atoms with Crippen molar-refractivity contribution in [3.8, 4) is 0 Å². The molecule has 0 aromatic carbocycles. The third-order valence-corrected chi connectivity index (χ3v) is 3.35. The van der Waals surface area contributed by atoms with Crippen molar-refractivity contribution >= 4 is 11.8 Å². The Bertz CT molecular complexity index is 337. The number of hydrogen-bond acceptors (Lipinski definition) is 2. The molecule has 0 spiro atoms. The Kier molecular flexibility index (Phi) is 5.38. The van der Waals surface area contributed by atoms with Gasteiger partial charge in [-0.25, -0.2) is 0 Å². The summed E-state index contributed by atoms with van der Waals surface area (Å²) in [6, 6.07) is -0.677. The summed E-state index contributed by atoms with van der Waals surface area (Å²) in [7, 11) is 0. The molecule has 102 valence electrons. The molecule has 0 radical (unpaired) electrons. The molecule has 18 heavy (non-hydrogen) atoms. The fraction of sp³-hybridized carbons (Fsp3) is 0.714. The van der Waals surface area contributed by atoms with Gasteiger partial charge in [0.1, 0.15) is 12.1 Å².